The molecule has 0 aliphatic rings. The molecule has 6 heteroatoms. The fraction of sp³-hybridized carbons (Fsp3) is 0.154. The largest absolute Gasteiger partial charge is 0.352 e. The Kier molecular flexibility index (Phi) is 6.63. The van der Waals surface area contributed by atoms with Crippen molar-refractivity contribution in [3.63, 3.8) is 0 Å². The van der Waals surface area contributed by atoms with Crippen molar-refractivity contribution in [1.82, 2.24) is 5.32 Å². The van der Waals surface area contributed by atoms with Crippen LogP contribution in [-0.4, -0.2) is 11.8 Å². The molecule has 1 atom stereocenters. The Labute approximate surface area is 191 Å². The number of benzene rings is 3. The highest BCUT2D eigenvalue weighted by atomic mass is 32.1. The number of amides is 2. The lowest BCUT2D eigenvalue weighted by molar-refractivity contribution is -0.122. The molecule has 3 aromatic carbocycles. The van der Waals surface area contributed by atoms with Gasteiger partial charge in [0.25, 0.3) is 5.91 Å². The summed E-state index contributed by atoms with van der Waals surface area (Å²) < 4.78 is 1.09. The number of carbonyl (C=O) groups is 2. The van der Waals surface area contributed by atoms with Crippen molar-refractivity contribution < 1.29 is 9.59 Å². The maximum absolute atomic E-state index is 12.6. The molecule has 0 saturated carbocycles. The molecule has 0 aliphatic heterocycles. The number of anilines is 1. The van der Waals surface area contributed by atoms with Gasteiger partial charge in [-0.15, -0.1) is 11.3 Å². The minimum absolute atomic E-state index is 0.0463. The van der Waals surface area contributed by atoms with E-state index in [1.807, 2.05) is 85.8 Å². The van der Waals surface area contributed by atoms with Crippen molar-refractivity contribution in [3.8, 4) is 0 Å². The molecular formula is C26H25N3O2S. The standard InChI is InChI=1S/C26H25N3O2S/c1-17(25(30)28-16-19-8-6-18(15-27)7-9-19)20-10-12-22(13-11-20)29-26(31)24-14-21-4-2-3-5-23(21)32-24/h2-14,17H,15-16,27H2,1H3,(H,28,30)(H,29,31). The number of fused-ring (bicyclic) bond motifs is 1. The molecule has 1 heterocycles. The first kappa shape index (κ1) is 21.7. The van der Waals surface area contributed by atoms with E-state index in [0.717, 1.165) is 26.8 Å². The van der Waals surface area contributed by atoms with Crippen LogP contribution in [0, 0.1) is 0 Å². The summed E-state index contributed by atoms with van der Waals surface area (Å²) in [6, 6.07) is 25.1. The van der Waals surface area contributed by atoms with Crippen LogP contribution in [0.4, 0.5) is 5.69 Å². The van der Waals surface area contributed by atoms with Gasteiger partial charge in [0.1, 0.15) is 0 Å². The number of nitrogens with one attached hydrogen (secondary N) is 2. The Balaban J connectivity index is 1.34. The number of rotatable bonds is 7. The van der Waals surface area contributed by atoms with Crippen LogP contribution in [0.15, 0.2) is 78.9 Å². The number of hydrogen-bond donors (Lipinski definition) is 3. The zero-order valence-electron chi connectivity index (χ0n) is 17.8. The average Bonchev–Trinajstić information content (AvgIpc) is 3.27. The molecule has 4 rings (SSSR count). The summed E-state index contributed by atoms with van der Waals surface area (Å²) >= 11 is 1.47. The monoisotopic (exact) mass is 443 g/mol. The van der Waals surface area contributed by atoms with Gasteiger partial charge in [-0.1, -0.05) is 54.6 Å². The van der Waals surface area contributed by atoms with Crippen molar-refractivity contribution in [2.24, 2.45) is 5.73 Å². The molecule has 0 fully saturated rings. The minimum Gasteiger partial charge on any atom is -0.352 e. The minimum atomic E-state index is -0.300. The van der Waals surface area contributed by atoms with Crippen LogP contribution < -0.4 is 16.4 Å². The van der Waals surface area contributed by atoms with Gasteiger partial charge >= 0.3 is 0 Å². The summed E-state index contributed by atoms with van der Waals surface area (Å²) in [4.78, 5) is 25.8. The summed E-state index contributed by atoms with van der Waals surface area (Å²) in [5, 5.41) is 6.97. The highest BCUT2D eigenvalue weighted by Crippen LogP contribution is 2.26. The Bertz CT molecular complexity index is 1200. The Hall–Kier alpha value is -3.48. The van der Waals surface area contributed by atoms with E-state index >= 15 is 0 Å². The van der Waals surface area contributed by atoms with E-state index in [1.54, 1.807) is 0 Å². The van der Waals surface area contributed by atoms with Crippen molar-refractivity contribution in [2.45, 2.75) is 25.9 Å². The lowest BCUT2D eigenvalue weighted by Crippen LogP contribution is -2.27. The number of carbonyl (C=O) groups excluding carboxylic acids is 2. The first-order valence-corrected chi connectivity index (χ1v) is 11.3. The lowest BCUT2D eigenvalue weighted by atomic mass is 10.00. The number of nitrogens with two attached hydrogens (primary N) is 1. The maximum Gasteiger partial charge on any atom is 0.265 e. The molecule has 4 aromatic rings. The first-order valence-electron chi connectivity index (χ1n) is 10.5. The summed E-state index contributed by atoms with van der Waals surface area (Å²) in [6.07, 6.45) is 0. The molecule has 0 bridgehead atoms. The molecule has 0 radical (unpaired) electrons. The van der Waals surface area contributed by atoms with Crippen molar-refractivity contribution in [2.75, 3.05) is 5.32 Å². The topological polar surface area (TPSA) is 84.2 Å². The number of hydrogen-bond acceptors (Lipinski definition) is 4. The van der Waals surface area contributed by atoms with Crippen LogP contribution in [0.3, 0.4) is 0 Å². The molecule has 0 spiro atoms. The summed E-state index contributed by atoms with van der Waals surface area (Å²) in [6.45, 7) is 2.85. The Morgan fingerprint density at radius 3 is 2.31 bits per heavy atom. The highest BCUT2D eigenvalue weighted by molar-refractivity contribution is 7.20. The second kappa shape index (κ2) is 9.77. The smallest absolute Gasteiger partial charge is 0.265 e. The van der Waals surface area contributed by atoms with E-state index in [0.29, 0.717) is 23.7 Å². The Morgan fingerprint density at radius 1 is 0.938 bits per heavy atom. The predicted molar refractivity (Wildman–Crippen MR) is 131 cm³/mol. The van der Waals surface area contributed by atoms with E-state index in [1.165, 1.54) is 11.3 Å². The van der Waals surface area contributed by atoms with Crippen LogP contribution in [0.5, 0.6) is 0 Å². The first-order chi connectivity index (χ1) is 15.5. The molecule has 162 valence electrons. The van der Waals surface area contributed by atoms with E-state index in [9.17, 15) is 9.59 Å². The maximum atomic E-state index is 12.6. The van der Waals surface area contributed by atoms with Crippen molar-refractivity contribution in [3.05, 3.63) is 100 Å². The quantitative estimate of drug-likeness (QED) is 0.374. The third kappa shape index (κ3) is 5.04. The fourth-order valence-electron chi connectivity index (χ4n) is 3.43. The van der Waals surface area contributed by atoms with Crippen LogP contribution in [-0.2, 0) is 17.9 Å². The summed E-state index contributed by atoms with van der Waals surface area (Å²) in [5.41, 5.74) is 9.30. The van der Waals surface area contributed by atoms with Gasteiger partial charge in [0.05, 0.1) is 10.8 Å². The van der Waals surface area contributed by atoms with Crippen LogP contribution >= 0.6 is 11.3 Å². The molecule has 2 amide bonds. The van der Waals surface area contributed by atoms with Crippen LogP contribution in [0.25, 0.3) is 10.1 Å². The highest BCUT2D eigenvalue weighted by Gasteiger charge is 2.16. The van der Waals surface area contributed by atoms with Gasteiger partial charge in [0.2, 0.25) is 5.91 Å². The van der Waals surface area contributed by atoms with E-state index < -0.39 is 0 Å². The van der Waals surface area contributed by atoms with Crippen LogP contribution in [0.1, 0.15) is 39.2 Å². The summed E-state index contributed by atoms with van der Waals surface area (Å²) in [5.74, 6) is -0.481. The van der Waals surface area contributed by atoms with Gasteiger partial charge in [-0.3, -0.25) is 9.59 Å². The molecule has 32 heavy (non-hydrogen) atoms. The van der Waals surface area contributed by atoms with Gasteiger partial charge < -0.3 is 16.4 Å². The second-order valence-corrected chi connectivity index (χ2v) is 8.77. The van der Waals surface area contributed by atoms with E-state index in [4.69, 9.17) is 5.73 Å². The van der Waals surface area contributed by atoms with Crippen molar-refractivity contribution in [1.29, 1.82) is 0 Å². The average molecular weight is 444 g/mol. The van der Waals surface area contributed by atoms with Gasteiger partial charge in [-0.2, -0.15) is 0 Å². The summed E-state index contributed by atoms with van der Waals surface area (Å²) in [7, 11) is 0. The molecule has 0 saturated heterocycles. The SMILES string of the molecule is CC(C(=O)NCc1ccc(CN)cc1)c1ccc(NC(=O)c2cc3ccccc3s2)cc1. The van der Waals surface area contributed by atoms with Gasteiger partial charge in [0.15, 0.2) is 0 Å². The molecule has 0 aliphatic carbocycles. The molecule has 4 N–H and O–H groups in total. The second-order valence-electron chi connectivity index (χ2n) is 7.68. The normalized spacial score (nSPS) is 11.8. The molecular weight excluding hydrogens is 418 g/mol. The third-order valence-electron chi connectivity index (χ3n) is 5.44. The van der Waals surface area contributed by atoms with Gasteiger partial charge in [0, 0.05) is 23.5 Å². The molecule has 1 unspecified atom stereocenters. The number of thiophene rings is 1. The van der Waals surface area contributed by atoms with E-state index in [2.05, 4.69) is 10.6 Å². The van der Waals surface area contributed by atoms with Crippen molar-refractivity contribution >= 4 is 38.9 Å². The zero-order valence-corrected chi connectivity index (χ0v) is 18.6. The van der Waals surface area contributed by atoms with E-state index in [-0.39, 0.29) is 17.7 Å². The van der Waals surface area contributed by atoms with Crippen LogP contribution in [0.2, 0.25) is 0 Å². The van der Waals surface area contributed by atoms with Gasteiger partial charge in [-0.05, 0) is 53.3 Å². The molecule has 1 aromatic heterocycles. The Morgan fingerprint density at radius 2 is 1.62 bits per heavy atom. The van der Waals surface area contributed by atoms with Gasteiger partial charge in [-0.25, -0.2) is 0 Å². The fourth-order valence-corrected chi connectivity index (χ4v) is 4.39. The molecule has 5 nitrogen and oxygen atoms in total. The lowest BCUT2D eigenvalue weighted by Gasteiger charge is -2.14. The zero-order chi connectivity index (χ0) is 22.5. The third-order valence-corrected chi connectivity index (χ3v) is 6.55. The predicted octanol–water partition coefficient (Wildman–Crippen LogP) is 5.03.